The lowest BCUT2D eigenvalue weighted by Crippen LogP contribution is -2.41. The van der Waals surface area contributed by atoms with Crippen LogP contribution in [-0.4, -0.2) is 48.3 Å². The van der Waals surface area contributed by atoms with Crippen molar-refractivity contribution in [2.45, 2.75) is 25.8 Å². The molecule has 0 aromatic heterocycles. The van der Waals surface area contributed by atoms with E-state index in [1.54, 1.807) is 23.7 Å². The minimum atomic E-state index is -0.592. The summed E-state index contributed by atoms with van der Waals surface area (Å²) in [5, 5.41) is 8.75. The van der Waals surface area contributed by atoms with Gasteiger partial charge in [0.2, 0.25) is 5.91 Å². The number of carbonyl (C=O) groups is 2. The van der Waals surface area contributed by atoms with Crippen LogP contribution in [-0.2, 0) is 9.53 Å². The monoisotopic (exact) mass is 334 g/mol. The first kappa shape index (κ1) is 16.7. The van der Waals surface area contributed by atoms with Gasteiger partial charge in [0.05, 0.1) is 25.1 Å². The first-order valence-corrected chi connectivity index (χ1v) is 8.21. The predicted molar refractivity (Wildman–Crippen MR) is 84.9 cm³/mol. The Hall–Kier alpha value is -2.12. The van der Waals surface area contributed by atoms with Crippen LogP contribution < -0.4 is 10.2 Å². The van der Waals surface area contributed by atoms with E-state index in [9.17, 15) is 9.59 Å². The molecule has 0 aliphatic carbocycles. The molecule has 7 heteroatoms. The summed E-state index contributed by atoms with van der Waals surface area (Å²) >= 11 is 0. The van der Waals surface area contributed by atoms with E-state index in [0.717, 1.165) is 25.0 Å². The van der Waals surface area contributed by atoms with E-state index in [1.807, 2.05) is 11.8 Å². The molecule has 1 saturated heterocycles. The molecule has 2 aliphatic heterocycles. The van der Waals surface area contributed by atoms with Crippen molar-refractivity contribution in [3.05, 3.63) is 29.3 Å². The lowest BCUT2D eigenvalue weighted by atomic mass is 9.98. The van der Waals surface area contributed by atoms with Crippen molar-refractivity contribution in [2.75, 3.05) is 26.4 Å². The molecule has 0 spiro atoms. The lowest BCUT2D eigenvalue weighted by molar-refractivity contribution is -0.142. The first-order valence-electron chi connectivity index (χ1n) is 8.21. The summed E-state index contributed by atoms with van der Waals surface area (Å²) in [6.45, 7) is 4.01. The largest absolute Gasteiger partial charge is 0.491 e. The number of benzene rings is 1. The van der Waals surface area contributed by atoms with Gasteiger partial charge in [-0.1, -0.05) is 6.07 Å². The number of hydrogen-bond acceptors (Lipinski definition) is 5. The Balaban J connectivity index is 1.83. The summed E-state index contributed by atoms with van der Waals surface area (Å²) in [4.78, 5) is 26.2. The minimum Gasteiger partial charge on any atom is -0.491 e. The molecule has 0 saturated carbocycles. The van der Waals surface area contributed by atoms with Gasteiger partial charge in [-0.3, -0.25) is 14.8 Å². The fourth-order valence-electron chi connectivity index (χ4n) is 3.30. The third kappa shape index (κ3) is 3.22. The van der Waals surface area contributed by atoms with E-state index in [-0.39, 0.29) is 17.9 Å². The molecular weight excluding hydrogens is 312 g/mol. The fourth-order valence-corrected chi connectivity index (χ4v) is 3.30. The molecule has 3 rings (SSSR count). The van der Waals surface area contributed by atoms with Gasteiger partial charge in [-0.15, -0.1) is 0 Å². The van der Waals surface area contributed by atoms with Crippen LogP contribution in [0.15, 0.2) is 18.2 Å². The number of ether oxygens (including phenoxy) is 2. The highest BCUT2D eigenvalue weighted by Crippen LogP contribution is 2.34. The third-order valence-electron chi connectivity index (χ3n) is 4.68. The standard InChI is InChI=1S/C17H22N2O5/c1-11-14-5-4-12(16(20)18-22)9-15(14)24-8-6-19(11)17(21)13-3-2-7-23-10-13/h4-5,9,11,13,22H,2-3,6-8,10H2,1H3,(H,18,20). The molecule has 2 aliphatic rings. The number of fused-ring (bicyclic) bond motifs is 1. The molecule has 130 valence electrons. The SMILES string of the molecule is CC1c2ccc(C(=O)NO)cc2OCCN1C(=O)C1CCCOC1. The number of hydroxylamine groups is 1. The molecule has 24 heavy (non-hydrogen) atoms. The molecule has 1 aromatic carbocycles. The number of hydrogen-bond donors (Lipinski definition) is 2. The van der Waals surface area contributed by atoms with Gasteiger partial charge >= 0.3 is 0 Å². The second kappa shape index (κ2) is 7.19. The van der Waals surface area contributed by atoms with E-state index < -0.39 is 5.91 Å². The summed E-state index contributed by atoms with van der Waals surface area (Å²) in [7, 11) is 0. The molecule has 2 heterocycles. The molecule has 0 bridgehead atoms. The molecule has 2 atom stereocenters. The maximum absolute atomic E-state index is 12.8. The number of nitrogens with zero attached hydrogens (tertiary/aromatic N) is 1. The van der Waals surface area contributed by atoms with E-state index in [1.165, 1.54) is 0 Å². The van der Waals surface area contributed by atoms with Crippen LogP contribution >= 0.6 is 0 Å². The molecule has 1 fully saturated rings. The first-order chi connectivity index (χ1) is 11.6. The minimum absolute atomic E-state index is 0.0934. The van der Waals surface area contributed by atoms with Gasteiger partial charge in [0.1, 0.15) is 12.4 Å². The van der Waals surface area contributed by atoms with Gasteiger partial charge in [0.15, 0.2) is 0 Å². The van der Waals surface area contributed by atoms with Gasteiger partial charge in [-0.2, -0.15) is 0 Å². The van der Waals surface area contributed by atoms with Gasteiger partial charge in [0.25, 0.3) is 5.91 Å². The summed E-state index contributed by atoms with van der Waals surface area (Å²) < 4.78 is 11.2. The van der Waals surface area contributed by atoms with Crippen LogP contribution in [0.3, 0.4) is 0 Å². The molecule has 2 N–H and O–H groups in total. The lowest BCUT2D eigenvalue weighted by Gasteiger charge is -2.32. The molecule has 1 aromatic rings. The van der Waals surface area contributed by atoms with E-state index >= 15 is 0 Å². The van der Waals surface area contributed by atoms with Crippen molar-refractivity contribution in [3.8, 4) is 5.75 Å². The molecule has 2 unspecified atom stereocenters. The molecular formula is C17H22N2O5. The van der Waals surface area contributed by atoms with Gasteiger partial charge in [-0.05, 0) is 31.9 Å². The van der Waals surface area contributed by atoms with E-state index in [0.29, 0.717) is 31.1 Å². The highest BCUT2D eigenvalue weighted by atomic mass is 16.5. The smallest absolute Gasteiger partial charge is 0.274 e. The number of carbonyl (C=O) groups excluding carboxylic acids is 2. The Kier molecular flexibility index (Phi) is 5.01. The number of nitrogens with one attached hydrogen (secondary N) is 1. The Morgan fingerprint density at radius 2 is 2.17 bits per heavy atom. The average molecular weight is 334 g/mol. The summed E-state index contributed by atoms with van der Waals surface area (Å²) in [5.74, 6) is -0.0256. The van der Waals surface area contributed by atoms with Crippen molar-refractivity contribution < 1.29 is 24.3 Å². The van der Waals surface area contributed by atoms with E-state index in [4.69, 9.17) is 14.7 Å². The Morgan fingerprint density at radius 3 is 2.88 bits per heavy atom. The highest BCUT2D eigenvalue weighted by Gasteiger charge is 2.32. The second-order valence-corrected chi connectivity index (χ2v) is 6.16. The Labute approximate surface area is 140 Å². The van der Waals surface area contributed by atoms with Gasteiger partial charge in [-0.25, -0.2) is 5.48 Å². The van der Waals surface area contributed by atoms with Gasteiger partial charge < -0.3 is 14.4 Å². The van der Waals surface area contributed by atoms with Crippen LogP contribution in [0.4, 0.5) is 0 Å². The predicted octanol–water partition coefficient (Wildman–Crippen LogP) is 1.51. The van der Waals surface area contributed by atoms with Crippen molar-refractivity contribution in [2.24, 2.45) is 5.92 Å². The second-order valence-electron chi connectivity index (χ2n) is 6.16. The van der Waals surface area contributed by atoms with Crippen molar-refractivity contribution in [3.63, 3.8) is 0 Å². The van der Waals surface area contributed by atoms with Crippen LogP contribution in [0, 0.1) is 5.92 Å². The zero-order valence-electron chi connectivity index (χ0n) is 13.7. The molecule has 7 nitrogen and oxygen atoms in total. The van der Waals surface area contributed by atoms with Crippen LogP contribution in [0.25, 0.3) is 0 Å². The van der Waals surface area contributed by atoms with Crippen LogP contribution in [0.5, 0.6) is 5.75 Å². The van der Waals surface area contributed by atoms with Crippen molar-refractivity contribution >= 4 is 11.8 Å². The summed E-state index contributed by atoms with van der Waals surface area (Å²) in [6, 6.07) is 4.83. The maximum Gasteiger partial charge on any atom is 0.274 e. The zero-order valence-corrected chi connectivity index (χ0v) is 13.7. The fraction of sp³-hybridized carbons (Fsp3) is 0.529. The molecule has 0 radical (unpaired) electrons. The highest BCUT2D eigenvalue weighted by molar-refractivity contribution is 5.94. The number of amides is 2. The van der Waals surface area contributed by atoms with E-state index in [2.05, 4.69) is 0 Å². The Morgan fingerprint density at radius 1 is 1.33 bits per heavy atom. The normalized spacial score (nSPS) is 23.7. The maximum atomic E-state index is 12.8. The van der Waals surface area contributed by atoms with Crippen LogP contribution in [0.1, 0.15) is 41.7 Å². The van der Waals surface area contributed by atoms with Crippen LogP contribution in [0.2, 0.25) is 0 Å². The average Bonchev–Trinajstić information content (AvgIpc) is 2.79. The quantitative estimate of drug-likeness (QED) is 0.632. The topological polar surface area (TPSA) is 88.1 Å². The summed E-state index contributed by atoms with van der Waals surface area (Å²) in [6.07, 6.45) is 1.76. The summed E-state index contributed by atoms with van der Waals surface area (Å²) in [5.41, 5.74) is 2.77. The molecule has 2 amide bonds. The zero-order chi connectivity index (χ0) is 17.1. The Bertz CT molecular complexity index is 627. The third-order valence-corrected chi connectivity index (χ3v) is 4.68. The number of rotatable bonds is 2. The van der Waals surface area contributed by atoms with Gasteiger partial charge in [0, 0.05) is 17.7 Å². The van der Waals surface area contributed by atoms with Crippen molar-refractivity contribution in [1.82, 2.24) is 10.4 Å². The van der Waals surface area contributed by atoms with Crippen molar-refractivity contribution in [1.29, 1.82) is 0 Å².